The monoisotopic (exact) mass is 248 g/mol. The lowest BCUT2D eigenvalue weighted by Gasteiger charge is -2.07. The number of hydrogen-bond acceptors (Lipinski definition) is 3. The highest BCUT2D eigenvalue weighted by molar-refractivity contribution is 6.29. The highest BCUT2D eigenvalue weighted by atomic mass is 35.5. The van der Waals surface area contributed by atoms with Gasteiger partial charge < -0.3 is 10.5 Å². The summed E-state index contributed by atoms with van der Waals surface area (Å²) in [5.74, 6) is 0.0565. The van der Waals surface area contributed by atoms with Gasteiger partial charge in [0.2, 0.25) is 5.88 Å². The van der Waals surface area contributed by atoms with E-state index in [1.807, 2.05) is 18.2 Å². The first-order valence-corrected chi connectivity index (χ1v) is 5.24. The Morgan fingerprint density at radius 2 is 1.88 bits per heavy atom. The Bertz CT molecular complexity index is 543. The van der Waals surface area contributed by atoms with Gasteiger partial charge in [-0.1, -0.05) is 29.8 Å². The molecule has 0 aliphatic carbocycles. The van der Waals surface area contributed by atoms with E-state index in [2.05, 4.69) is 4.98 Å². The predicted molar refractivity (Wildman–Crippen MR) is 64.3 cm³/mol. The number of carbonyl (C=O) groups is 1. The van der Waals surface area contributed by atoms with Crippen molar-refractivity contribution >= 4 is 17.5 Å². The van der Waals surface area contributed by atoms with Crippen LogP contribution in [0.3, 0.4) is 0 Å². The van der Waals surface area contributed by atoms with E-state index in [1.165, 1.54) is 12.1 Å². The second-order valence-corrected chi connectivity index (χ2v) is 3.65. The quantitative estimate of drug-likeness (QED) is 0.849. The average Bonchev–Trinajstić information content (AvgIpc) is 2.30. The van der Waals surface area contributed by atoms with Crippen LogP contribution >= 0.6 is 11.6 Å². The summed E-state index contributed by atoms with van der Waals surface area (Å²) in [6, 6.07) is 11.9. The Kier molecular flexibility index (Phi) is 3.25. The number of nitrogens with zero attached hydrogens (tertiary/aromatic N) is 1. The summed E-state index contributed by atoms with van der Waals surface area (Å²) in [6.45, 7) is 0. The SMILES string of the molecule is NC(=O)c1ccc(Cl)nc1Oc1ccccc1. The standard InChI is InChI=1S/C12H9ClN2O2/c13-10-7-6-9(11(14)16)12(15-10)17-8-4-2-1-3-5-8/h1-7H,(H2,14,16). The largest absolute Gasteiger partial charge is 0.438 e. The van der Waals surface area contributed by atoms with Crippen LogP contribution in [0.4, 0.5) is 0 Å². The Labute approximate surface area is 103 Å². The molecule has 86 valence electrons. The lowest BCUT2D eigenvalue weighted by atomic mass is 10.2. The molecule has 0 atom stereocenters. The van der Waals surface area contributed by atoms with Crippen molar-refractivity contribution in [3.63, 3.8) is 0 Å². The third-order valence-corrected chi connectivity index (χ3v) is 2.26. The Hall–Kier alpha value is -2.07. The highest BCUT2D eigenvalue weighted by Crippen LogP contribution is 2.24. The molecule has 4 nitrogen and oxygen atoms in total. The van der Waals surface area contributed by atoms with Crippen molar-refractivity contribution in [2.45, 2.75) is 0 Å². The molecule has 5 heteroatoms. The van der Waals surface area contributed by atoms with Gasteiger partial charge in [0.15, 0.2) is 0 Å². The van der Waals surface area contributed by atoms with Gasteiger partial charge in [-0.25, -0.2) is 4.98 Å². The molecule has 17 heavy (non-hydrogen) atoms. The van der Waals surface area contributed by atoms with Crippen molar-refractivity contribution in [2.75, 3.05) is 0 Å². The van der Waals surface area contributed by atoms with Gasteiger partial charge in [-0.2, -0.15) is 0 Å². The van der Waals surface area contributed by atoms with Crippen LogP contribution < -0.4 is 10.5 Å². The van der Waals surface area contributed by atoms with E-state index < -0.39 is 5.91 Å². The Morgan fingerprint density at radius 3 is 2.53 bits per heavy atom. The number of aromatic nitrogens is 1. The van der Waals surface area contributed by atoms with Gasteiger partial charge in [-0.05, 0) is 24.3 Å². The first-order valence-electron chi connectivity index (χ1n) is 4.86. The maximum Gasteiger partial charge on any atom is 0.254 e. The van der Waals surface area contributed by atoms with Crippen LogP contribution in [0.2, 0.25) is 5.15 Å². The maximum absolute atomic E-state index is 11.2. The molecule has 2 N–H and O–H groups in total. The van der Waals surface area contributed by atoms with Crippen LogP contribution in [0.1, 0.15) is 10.4 Å². The van der Waals surface area contributed by atoms with Crippen molar-refractivity contribution in [3.05, 3.63) is 53.2 Å². The van der Waals surface area contributed by atoms with E-state index in [9.17, 15) is 4.79 Å². The molecule has 0 spiro atoms. The minimum atomic E-state index is -0.611. The minimum absolute atomic E-state index is 0.108. The van der Waals surface area contributed by atoms with E-state index in [1.54, 1.807) is 12.1 Å². The number of halogens is 1. The van der Waals surface area contributed by atoms with E-state index in [0.717, 1.165) is 0 Å². The molecule has 0 saturated heterocycles. The topological polar surface area (TPSA) is 65.2 Å². The van der Waals surface area contributed by atoms with Gasteiger partial charge in [-0.3, -0.25) is 4.79 Å². The molecule has 1 heterocycles. The van der Waals surface area contributed by atoms with Gasteiger partial charge in [0.1, 0.15) is 16.5 Å². The number of para-hydroxylation sites is 1. The summed E-state index contributed by atoms with van der Waals surface area (Å²) in [6.07, 6.45) is 0. The number of benzene rings is 1. The first kappa shape index (κ1) is 11.4. The number of ether oxygens (including phenoxy) is 1. The number of primary amides is 1. The summed E-state index contributed by atoms with van der Waals surface area (Å²) in [5.41, 5.74) is 5.41. The zero-order valence-electron chi connectivity index (χ0n) is 8.76. The van der Waals surface area contributed by atoms with E-state index in [0.29, 0.717) is 5.75 Å². The number of carbonyl (C=O) groups excluding carboxylic acids is 1. The molecule has 1 aromatic heterocycles. The molecule has 0 unspecified atom stereocenters. The third kappa shape index (κ3) is 2.73. The second-order valence-electron chi connectivity index (χ2n) is 3.27. The predicted octanol–water partition coefficient (Wildman–Crippen LogP) is 2.63. The molecule has 0 saturated carbocycles. The minimum Gasteiger partial charge on any atom is -0.438 e. The molecule has 0 radical (unpaired) electrons. The van der Waals surface area contributed by atoms with Crippen LogP contribution in [0.15, 0.2) is 42.5 Å². The molecule has 0 fully saturated rings. The lowest BCUT2D eigenvalue weighted by molar-refractivity contribution is 0.0997. The smallest absolute Gasteiger partial charge is 0.254 e. The second kappa shape index (κ2) is 4.84. The van der Waals surface area contributed by atoms with Gasteiger partial charge in [0.25, 0.3) is 5.91 Å². The highest BCUT2D eigenvalue weighted by Gasteiger charge is 2.12. The van der Waals surface area contributed by atoms with E-state index in [-0.39, 0.29) is 16.6 Å². The van der Waals surface area contributed by atoms with Gasteiger partial charge >= 0.3 is 0 Å². The number of pyridine rings is 1. The molecular weight excluding hydrogens is 240 g/mol. The maximum atomic E-state index is 11.2. The van der Waals surface area contributed by atoms with E-state index in [4.69, 9.17) is 22.1 Å². The van der Waals surface area contributed by atoms with Crippen molar-refractivity contribution in [3.8, 4) is 11.6 Å². The lowest BCUT2D eigenvalue weighted by Crippen LogP contribution is -2.13. The third-order valence-electron chi connectivity index (χ3n) is 2.05. The fourth-order valence-corrected chi connectivity index (χ4v) is 1.42. The van der Waals surface area contributed by atoms with Crippen LogP contribution in [-0.2, 0) is 0 Å². The van der Waals surface area contributed by atoms with Crippen molar-refractivity contribution in [1.82, 2.24) is 4.98 Å². The number of rotatable bonds is 3. The fourth-order valence-electron chi connectivity index (χ4n) is 1.28. The van der Waals surface area contributed by atoms with Crippen LogP contribution in [0, 0.1) is 0 Å². The molecule has 2 aromatic rings. The summed E-state index contributed by atoms with van der Waals surface area (Å²) < 4.78 is 5.46. The summed E-state index contributed by atoms with van der Waals surface area (Å²) in [7, 11) is 0. The molecule has 0 aliphatic rings. The number of hydrogen-bond donors (Lipinski definition) is 1. The van der Waals surface area contributed by atoms with Crippen LogP contribution in [0.25, 0.3) is 0 Å². The zero-order chi connectivity index (χ0) is 12.3. The van der Waals surface area contributed by atoms with Gasteiger partial charge in [-0.15, -0.1) is 0 Å². The summed E-state index contributed by atoms with van der Waals surface area (Å²) in [5, 5.41) is 0.237. The average molecular weight is 249 g/mol. The molecular formula is C12H9ClN2O2. The van der Waals surface area contributed by atoms with Crippen LogP contribution in [-0.4, -0.2) is 10.9 Å². The Balaban J connectivity index is 2.37. The van der Waals surface area contributed by atoms with E-state index >= 15 is 0 Å². The van der Waals surface area contributed by atoms with Crippen molar-refractivity contribution in [1.29, 1.82) is 0 Å². The van der Waals surface area contributed by atoms with Crippen LogP contribution in [0.5, 0.6) is 11.6 Å². The number of nitrogens with two attached hydrogens (primary N) is 1. The molecule has 1 amide bonds. The first-order chi connectivity index (χ1) is 8.16. The normalized spacial score (nSPS) is 9.94. The summed E-state index contributed by atoms with van der Waals surface area (Å²) >= 11 is 5.74. The zero-order valence-corrected chi connectivity index (χ0v) is 9.52. The molecule has 1 aromatic carbocycles. The number of amides is 1. The van der Waals surface area contributed by atoms with Crippen molar-refractivity contribution < 1.29 is 9.53 Å². The molecule has 0 aliphatic heterocycles. The van der Waals surface area contributed by atoms with Gasteiger partial charge in [0, 0.05) is 0 Å². The molecule has 0 bridgehead atoms. The molecule has 2 rings (SSSR count). The summed E-state index contributed by atoms with van der Waals surface area (Å²) in [4.78, 5) is 15.1. The van der Waals surface area contributed by atoms with Gasteiger partial charge in [0.05, 0.1) is 0 Å². The Morgan fingerprint density at radius 1 is 1.18 bits per heavy atom. The fraction of sp³-hybridized carbons (Fsp3) is 0. The van der Waals surface area contributed by atoms with Crippen molar-refractivity contribution in [2.24, 2.45) is 5.73 Å².